The van der Waals surface area contributed by atoms with Crippen LogP contribution in [0.3, 0.4) is 0 Å². The predicted octanol–water partition coefficient (Wildman–Crippen LogP) is 2.14. The van der Waals surface area contributed by atoms with Crippen LogP contribution in [-0.4, -0.2) is 13.2 Å². The van der Waals surface area contributed by atoms with Crippen molar-refractivity contribution in [2.75, 3.05) is 13.2 Å². The number of aryl methyl sites for hydroxylation is 1. The van der Waals surface area contributed by atoms with Crippen molar-refractivity contribution >= 4 is 0 Å². The molecule has 2 atom stereocenters. The van der Waals surface area contributed by atoms with Crippen molar-refractivity contribution in [3.63, 3.8) is 0 Å². The average molecular weight is 176 g/mol. The van der Waals surface area contributed by atoms with E-state index in [1.54, 1.807) is 0 Å². The van der Waals surface area contributed by atoms with Crippen LogP contribution in [0.4, 0.5) is 0 Å². The van der Waals surface area contributed by atoms with Gasteiger partial charge in [0, 0.05) is 0 Å². The molecule has 2 unspecified atom stereocenters. The van der Waals surface area contributed by atoms with Crippen molar-refractivity contribution in [1.29, 1.82) is 0 Å². The van der Waals surface area contributed by atoms with Gasteiger partial charge in [-0.15, -0.1) is 0 Å². The van der Waals surface area contributed by atoms with E-state index in [1.807, 2.05) is 0 Å². The molecule has 1 aromatic rings. The van der Waals surface area contributed by atoms with Crippen molar-refractivity contribution in [3.8, 4) is 0 Å². The van der Waals surface area contributed by atoms with Crippen molar-refractivity contribution in [2.45, 2.75) is 19.1 Å². The minimum Gasteiger partial charge on any atom is -0.375 e. The average Bonchev–Trinajstić information content (AvgIpc) is 2.41. The zero-order valence-electron chi connectivity index (χ0n) is 7.62. The van der Waals surface area contributed by atoms with Gasteiger partial charge in [-0.2, -0.15) is 0 Å². The van der Waals surface area contributed by atoms with E-state index in [-0.39, 0.29) is 12.2 Å². The Labute approximate surface area is 77.5 Å². The molecule has 2 heterocycles. The smallest absolute Gasteiger partial charge is 0.107 e. The van der Waals surface area contributed by atoms with Crippen LogP contribution >= 0.6 is 0 Å². The monoisotopic (exact) mass is 176 g/mol. The topological polar surface area (TPSA) is 18.5 Å². The van der Waals surface area contributed by atoms with Crippen LogP contribution in [-0.2, 0) is 9.47 Å². The van der Waals surface area contributed by atoms with E-state index in [0.717, 1.165) is 0 Å². The molecule has 0 N–H and O–H groups in total. The van der Waals surface area contributed by atoms with E-state index in [2.05, 4.69) is 25.1 Å². The highest BCUT2D eigenvalue weighted by molar-refractivity contribution is 5.41. The van der Waals surface area contributed by atoms with Gasteiger partial charge in [0.05, 0.1) is 13.2 Å². The second-order valence-electron chi connectivity index (χ2n) is 3.73. The lowest BCUT2D eigenvalue weighted by atomic mass is 9.98. The summed E-state index contributed by atoms with van der Waals surface area (Å²) in [6.07, 6.45) is 0.378. The molecule has 2 nitrogen and oxygen atoms in total. The summed E-state index contributed by atoms with van der Waals surface area (Å²) in [6.45, 7) is 3.57. The lowest BCUT2D eigenvalue weighted by molar-refractivity contribution is -0.124. The lowest BCUT2D eigenvalue weighted by Gasteiger charge is -2.20. The molecule has 0 amide bonds. The fraction of sp³-hybridized carbons (Fsp3) is 0.455. The maximum absolute atomic E-state index is 5.82. The van der Waals surface area contributed by atoms with Crippen LogP contribution in [0.1, 0.15) is 28.9 Å². The third-order valence-corrected chi connectivity index (χ3v) is 2.89. The van der Waals surface area contributed by atoms with Crippen LogP contribution < -0.4 is 0 Å². The van der Waals surface area contributed by atoms with Gasteiger partial charge in [-0.3, -0.25) is 0 Å². The molecule has 68 valence electrons. The first-order chi connectivity index (χ1) is 6.36. The predicted molar refractivity (Wildman–Crippen MR) is 48.6 cm³/mol. The van der Waals surface area contributed by atoms with Gasteiger partial charge in [0.15, 0.2) is 0 Å². The Morgan fingerprint density at radius 1 is 1.23 bits per heavy atom. The Morgan fingerprint density at radius 3 is 3.00 bits per heavy atom. The first kappa shape index (κ1) is 7.54. The molecule has 1 aromatic carbocycles. The quantitative estimate of drug-likeness (QED) is 0.603. The number of rotatable bonds is 0. The number of benzene rings is 1. The van der Waals surface area contributed by atoms with Gasteiger partial charge in [-0.1, -0.05) is 18.2 Å². The summed E-state index contributed by atoms with van der Waals surface area (Å²) in [5.41, 5.74) is 4.03. The number of ether oxygens (including phenoxy) is 2. The molecule has 0 saturated carbocycles. The molecule has 0 aromatic heterocycles. The molecule has 2 aliphatic rings. The minimum absolute atomic E-state index is 0.189. The molecule has 13 heavy (non-hydrogen) atoms. The van der Waals surface area contributed by atoms with Crippen molar-refractivity contribution in [3.05, 3.63) is 34.9 Å². The van der Waals surface area contributed by atoms with Gasteiger partial charge in [-0.05, 0) is 23.6 Å². The number of hydrogen-bond acceptors (Lipinski definition) is 2. The van der Waals surface area contributed by atoms with Crippen LogP contribution in [0, 0.1) is 6.92 Å². The molecule has 2 aliphatic heterocycles. The van der Waals surface area contributed by atoms with Gasteiger partial charge >= 0.3 is 0 Å². The Bertz CT molecular complexity index is 346. The third-order valence-electron chi connectivity index (χ3n) is 2.89. The lowest BCUT2D eigenvalue weighted by Crippen LogP contribution is -2.17. The summed E-state index contributed by atoms with van der Waals surface area (Å²) in [6, 6.07) is 6.39. The zero-order chi connectivity index (χ0) is 8.84. The van der Waals surface area contributed by atoms with Crippen LogP contribution in [0.5, 0.6) is 0 Å². The third kappa shape index (κ3) is 0.960. The summed E-state index contributed by atoms with van der Waals surface area (Å²) in [5, 5.41) is 0. The molecule has 0 aliphatic carbocycles. The van der Waals surface area contributed by atoms with E-state index < -0.39 is 0 Å². The van der Waals surface area contributed by atoms with E-state index in [4.69, 9.17) is 9.47 Å². The normalized spacial score (nSPS) is 30.2. The Kier molecular flexibility index (Phi) is 1.49. The van der Waals surface area contributed by atoms with Crippen molar-refractivity contribution in [2.24, 2.45) is 0 Å². The first-order valence-electron chi connectivity index (χ1n) is 4.69. The Balaban J connectivity index is 2.20. The molecule has 2 heteroatoms. The van der Waals surface area contributed by atoms with Crippen LogP contribution in [0.15, 0.2) is 18.2 Å². The molecule has 1 saturated heterocycles. The van der Waals surface area contributed by atoms with Gasteiger partial charge in [0.2, 0.25) is 0 Å². The van der Waals surface area contributed by atoms with E-state index in [1.165, 1.54) is 16.7 Å². The summed E-state index contributed by atoms with van der Waals surface area (Å²) in [5.74, 6) is 0. The standard InChI is InChI=1S/C11H12O2/c1-7-3-2-4-8-9-5-12-6-10(13-9)11(7)8/h2-4,9-10H,5-6H2,1H3. The maximum atomic E-state index is 5.82. The summed E-state index contributed by atoms with van der Waals surface area (Å²) in [7, 11) is 0. The molecular formula is C11H12O2. The van der Waals surface area contributed by atoms with Crippen LogP contribution in [0.2, 0.25) is 0 Å². The van der Waals surface area contributed by atoms with E-state index in [9.17, 15) is 0 Å². The van der Waals surface area contributed by atoms with E-state index in [0.29, 0.717) is 13.2 Å². The summed E-state index contributed by atoms with van der Waals surface area (Å²) in [4.78, 5) is 0. The fourth-order valence-electron chi connectivity index (χ4n) is 2.30. The van der Waals surface area contributed by atoms with E-state index >= 15 is 0 Å². The fourth-order valence-corrected chi connectivity index (χ4v) is 2.30. The zero-order valence-corrected chi connectivity index (χ0v) is 7.62. The van der Waals surface area contributed by atoms with Crippen molar-refractivity contribution in [1.82, 2.24) is 0 Å². The Hall–Kier alpha value is -0.860. The highest BCUT2D eigenvalue weighted by Gasteiger charge is 2.36. The molecule has 0 spiro atoms. The Morgan fingerprint density at radius 2 is 2.08 bits per heavy atom. The second-order valence-corrected chi connectivity index (χ2v) is 3.73. The van der Waals surface area contributed by atoms with Gasteiger partial charge in [0.1, 0.15) is 12.2 Å². The first-order valence-corrected chi connectivity index (χ1v) is 4.69. The van der Waals surface area contributed by atoms with Gasteiger partial charge in [0.25, 0.3) is 0 Å². The molecule has 1 fully saturated rings. The van der Waals surface area contributed by atoms with Gasteiger partial charge in [-0.25, -0.2) is 0 Å². The number of fused-ring (bicyclic) bond motifs is 5. The highest BCUT2D eigenvalue weighted by Crippen LogP contribution is 2.43. The van der Waals surface area contributed by atoms with Crippen molar-refractivity contribution < 1.29 is 9.47 Å². The summed E-state index contributed by atoms with van der Waals surface area (Å²) >= 11 is 0. The molecular weight excluding hydrogens is 164 g/mol. The maximum Gasteiger partial charge on any atom is 0.107 e. The largest absolute Gasteiger partial charge is 0.375 e. The second kappa shape index (κ2) is 2.56. The van der Waals surface area contributed by atoms with Gasteiger partial charge < -0.3 is 9.47 Å². The molecule has 0 radical (unpaired) electrons. The number of hydrogen-bond donors (Lipinski definition) is 0. The van der Waals surface area contributed by atoms with Crippen LogP contribution in [0.25, 0.3) is 0 Å². The SMILES string of the molecule is Cc1cccc2c1C1COCC2O1. The summed E-state index contributed by atoms with van der Waals surface area (Å²) < 4.78 is 11.3. The molecule has 3 rings (SSSR count). The highest BCUT2D eigenvalue weighted by atomic mass is 16.6. The minimum atomic E-state index is 0.189. The molecule has 2 bridgehead atoms.